The number of likely N-dealkylation sites (N-methyl/N-ethyl adjacent to an activating group) is 1. The van der Waals surface area contributed by atoms with Gasteiger partial charge in [-0.15, -0.1) is 0 Å². The van der Waals surface area contributed by atoms with Crippen molar-refractivity contribution in [1.29, 1.82) is 0 Å². The van der Waals surface area contributed by atoms with E-state index < -0.39 is 0 Å². The SMILES string of the molecule is CCC(CC)(CN)N(C)CC(C)C. The second-order valence-corrected chi connectivity index (χ2v) is 4.41. The fraction of sp³-hybridized carbons (Fsp3) is 1.00. The molecule has 80 valence electrons. The summed E-state index contributed by atoms with van der Waals surface area (Å²) in [5, 5.41) is 0. The highest BCUT2D eigenvalue weighted by Gasteiger charge is 2.29. The molecule has 0 aliphatic rings. The lowest BCUT2D eigenvalue weighted by atomic mass is 9.90. The van der Waals surface area contributed by atoms with E-state index in [1.165, 1.54) is 0 Å². The van der Waals surface area contributed by atoms with Crippen LogP contribution in [0.15, 0.2) is 0 Å². The summed E-state index contributed by atoms with van der Waals surface area (Å²) >= 11 is 0. The Morgan fingerprint density at radius 1 is 1.23 bits per heavy atom. The van der Waals surface area contributed by atoms with Gasteiger partial charge in [-0.3, -0.25) is 4.90 Å². The fourth-order valence-electron chi connectivity index (χ4n) is 1.98. The third-order valence-electron chi connectivity index (χ3n) is 3.14. The molecule has 0 rings (SSSR count). The van der Waals surface area contributed by atoms with E-state index in [0.717, 1.165) is 25.9 Å². The van der Waals surface area contributed by atoms with Gasteiger partial charge < -0.3 is 5.73 Å². The zero-order valence-corrected chi connectivity index (χ0v) is 9.93. The van der Waals surface area contributed by atoms with E-state index in [-0.39, 0.29) is 5.54 Å². The first-order chi connectivity index (χ1) is 6.02. The Hall–Kier alpha value is -0.0800. The van der Waals surface area contributed by atoms with Gasteiger partial charge >= 0.3 is 0 Å². The molecule has 2 N–H and O–H groups in total. The van der Waals surface area contributed by atoms with Crippen molar-refractivity contribution in [2.75, 3.05) is 20.1 Å². The third-order valence-corrected chi connectivity index (χ3v) is 3.14. The maximum Gasteiger partial charge on any atom is 0.0323 e. The van der Waals surface area contributed by atoms with Crippen LogP contribution in [-0.2, 0) is 0 Å². The van der Waals surface area contributed by atoms with E-state index in [0.29, 0.717) is 5.92 Å². The summed E-state index contributed by atoms with van der Waals surface area (Å²) in [6.45, 7) is 10.9. The molecule has 0 heterocycles. The van der Waals surface area contributed by atoms with E-state index in [1.54, 1.807) is 0 Å². The third kappa shape index (κ3) is 3.28. The van der Waals surface area contributed by atoms with Gasteiger partial charge in [0.15, 0.2) is 0 Å². The number of nitrogens with zero attached hydrogens (tertiary/aromatic N) is 1. The maximum atomic E-state index is 5.86. The van der Waals surface area contributed by atoms with Crippen LogP contribution in [0.4, 0.5) is 0 Å². The summed E-state index contributed by atoms with van der Waals surface area (Å²) in [5.74, 6) is 0.717. The monoisotopic (exact) mass is 186 g/mol. The molecule has 0 aliphatic carbocycles. The van der Waals surface area contributed by atoms with Crippen LogP contribution in [0.3, 0.4) is 0 Å². The van der Waals surface area contributed by atoms with E-state index in [4.69, 9.17) is 5.73 Å². The van der Waals surface area contributed by atoms with Gasteiger partial charge in [-0.25, -0.2) is 0 Å². The molecule has 0 atom stereocenters. The Morgan fingerprint density at radius 3 is 1.92 bits per heavy atom. The van der Waals surface area contributed by atoms with Gasteiger partial charge in [-0.05, 0) is 25.8 Å². The molecule has 0 aromatic carbocycles. The molecule has 0 saturated carbocycles. The summed E-state index contributed by atoms with van der Waals surface area (Å²) in [6, 6.07) is 0. The number of hydrogen-bond donors (Lipinski definition) is 1. The van der Waals surface area contributed by atoms with Gasteiger partial charge in [0, 0.05) is 18.6 Å². The lowest BCUT2D eigenvalue weighted by Crippen LogP contribution is -2.52. The van der Waals surface area contributed by atoms with Crippen LogP contribution < -0.4 is 5.73 Å². The molecule has 0 aromatic heterocycles. The van der Waals surface area contributed by atoms with Crippen molar-refractivity contribution in [3.05, 3.63) is 0 Å². The molecular weight excluding hydrogens is 160 g/mol. The molecule has 0 aliphatic heterocycles. The van der Waals surface area contributed by atoms with E-state index >= 15 is 0 Å². The van der Waals surface area contributed by atoms with Crippen molar-refractivity contribution in [3.63, 3.8) is 0 Å². The number of nitrogens with two attached hydrogens (primary N) is 1. The van der Waals surface area contributed by atoms with Gasteiger partial charge in [0.2, 0.25) is 0 Å². The molecule has 0 unspecified atom stereocenters. The van der Waals surface area contributed by atoms with Crippen LogP contribution in [0.2, 0.25) is 0 Å². The van der Waals surface area contributed by atoms with E-state index in [9.17, 15) is 0 Å². The largest absolute Gasteiger partial charge is 0.329 e. The van der Waals surface area contributed by atoms with Gasteiger partial charge in [0.1, 0.15) is 0 Å². The lowest BCUT2D eigenvalue weighted by molar-refractivity contribution is 0.102. The van der Waals surface area contributed by atoms with Gasteiger partial charge in [-0.1, -0.05) is 27.7 Å². The van der Waals surface area contributed by atoms with Crippen LogP contribution >= 0.6 is 0 Å². The predicted octanol–water partition coefficient (Wildman–Crippen LogP) is 2.09. The molecule has 0 saturated heterocycles. The molecule has 2 heteroatoms. The molecule has 0 amide bonds. The van der Waals surface area contributed by atoms with E-state index in [2.05, 4.69) is 39.6 Å². The van der Waals surface area contributed by atoms with Crippen LogP contribution in [-0.4, -0.2) is 30.6 Å². The molecule has 0 fully saturated rings. The first-order valence-electron chi connectivity index (χ1n) is 5.43. The van der Waals surface area contributed by atoms with Crippen LogP contribution in [0.25, 0.3) is 0 Å². The van der Waals surface area contributed by atoms with Crippen LogP contribution in [0.5, 0.6) is 0 Å². The molecule has 0 radical (unpaired) electrons. The minimum atomic E-state index is 0.226. The zero-order chi connectivity index (χ0) is 10.5. The predicted molar refractivity (Wildman–Crippen MR) is 59.8 cm³/mol. The Bertz CT molecular complexity index is 120. The minimum Gasteiger partial charge on any atom is -0.329 e. The Kier molecular flexibility index (Phi) is 5.57. The van der Waals surface area contributed by atoms with Crippen molar-refractivity contribution in [2.24, 2.45) is 11.7 Å². The van der Waals surface area contributed by atoms with Gasteiger partial charge in [0.25, 0.3) is 0 Å². The Balaban J connectivity index is 4.34. The average Bonchev–Trinajstić information content (AvgIpc) is 2.07. The topological polar surface area (TPSA) is 29.3 Å². The van der Waals surface area contributed by atoms with Crippen molar-refractivity contribution >= 4 is 0 Å². The summed E-state index contributed by atoms with van der Waals surface area (Å²) in [5.41, 5.74) is 6.09. The quantitative estimate of drug-likeness (QED) is 0.688. The van der Waals surface area contributed by atoms with Crippen molar-refractivity contribution in [2.45, 2.75) is 46.1 Å². The fourth-order valence-corrected chi connectivity index (χ4v) is 1.98. The lowest BCUT2D eigenvalue weighted by Gasteiger charge is -2.41. The van der Waals surface area contributed by atoms with Crippen molar-refractivity contribution in [1.82, 2.24) is 4.90 Å². The van der Waals surface area contributed by atoms with Gasteiger partial charge in [0.05, 0.1) is 0 Å². The second kappa shape index (κ2) is 5.61. The molecule has 0 bridgehead atoms. The summed E-state index contributed by atoms with van der Waals surface area (Å²) in [4.78, 5) is 2.43. The number of rotatable bonds is 6. The van der Waals surface area contributed by atoms with Crippen molar-refractivity contribution in [3.8, 4) is 0 Å². The Morgan fingerprint density at radius 2 is 1.69 bits per heavy atom. The highest BCUT2D eigenvalue weighted by atomic mass is 15.2. The first-order valence-corrected chi connectivity index (χ1v) is 5.43. The molecule has 0 spiro atoms. The molecule has 13 heavy (non-hydrogen) atoms. The smallest absolute Gasteiger partial charge is 0.0323 e. The molecular formula is C11H26N2. The van der Waals surface area contributed by atoms with Gasteiger partial charge in [-0.2, -0.15) is 0 Å². The summed E-state index contributed by atoms with van der Waals surface area (Å²) in [6.07, 6.45) is 2.28. The van der Waals surface area contributed by atoms with Crippen LogP contribution in [0.1, 0.15) is 40.5 Å². The summed E-state index contributed by atoms with van der Waals surface area (Å²) in [7, 11) is 2.19. The zero-order valence-electron chi connectivity index (χ0n) is 9.93. The highest BCUT2D eigenvalue weighted by Crippen LogP contribution is 2.21. The highest BCUT2D eigenvalue weighted by molar-refractivity contribution is 4.87. The summed E-state index contributed by atoms with van der Waals surface area (Å²) < 4.78 is 0. The van der Waals surface area contributed by atoms with E-state index in [1.807, 2.05) is 0 Å². The molecule has 2 nitrogen and oxygen atoms in total. The maximum absolute atomic E-state index is 5.86. The second-order valence-electron chi connectivity index (χ2n) is 4.41. The standard InChI is InChI=1S/C11H26N2/c1-6-11(7-2,9-12)13(5)8-10(3)4/h10H,6-9,12H2,1-5H3. The average molecular weight is 186 g/mol. The Labute approximate surface area is 83.5 Å². The van der Waals surface area contributed by atoms with Crippen LogP contribution in [0, 0.1) is 5.92 Å². The van der Waals surface area contributed by atoms with Crippen molar-refractivity contribution < 1.29 is 0 Å². The first kappa shape index (κ1) is 12.9. The normalized spacial score (nSPS) is 12.9. The minimum absolute atomic E-state index is 0.226. The number of hydrogen-bond acceptors (Lipinski definition) is 2. The molecule has 0 aromatic rings.